The summed E-state index contributed by atoms with van der Waals surface area (Å²) in [6.45, 7) is 1.58. The third-order valence-corrected chi connectivity index (χ3v) is 4.56. The number of aromatic nitrogens is 2. The van der Waals surface area contributed by atoms with E-state index >= 15 is 0 Å². The molecule has 5 nitrogen and oxygen atoms in total. The van der Waals surface area contributed by atoms with E-state index in [-0.39, 0.29) is 5.91 Å². The predicted octanol–water partition coefficient (Wildman–Crippen LogP) is 2.51. The highest BCUT2D eigenvalue weighted by Crippen LogP contribution is 2.26. The molecule has 0 unspecified atom stereocenters. The Kier molecular flexibility index (Phi) is 4.37. The first-order valence-corrected chi connectivity index (χ1v) is 8.10. The third-order valence-electron chi connectivity index (χ3n) is 4.56. The minimum absolute atomic E-state index is 0.120. The van der Waals surface area contributed by atoms with Crippen molar-refractivity contribution in [3.8, 4) is 0 Å². The SMILES string of the molecule is CN(C)c1ccc(C(=O)N2CCC[C@@H](c3nccn3C)C2)cc1. The monoisotopic (exact) mass is 312 g/mol. The molecule has 1 saturated heterocycles. The van der Waals surface area contributed by atoms with Crippen molar-refractivity contribution >= 4 is 11.6 Å². The average molecular weight is 312 g/mol. The van der Waals surface area contributed by atoms with Gasteiger partial charge in [-0.15, -0.1) is 0 Å². The van der Waals surface area contributed by atoms with Gasteiger partial charge in [0.05, 0.1) is 0 Å². The number of imidazole rings is 1. The van der Waals surface area contributed by atoms with Crippen LogP contribution in [0.25, 0.3) is 0 Å². The normalized spacial score (nSPS) is 18.0. The zero-order chi connectivity index (χ0) is 16.4. The second-order valence-corrected chi connectivity index (χ2v) is 6.43. The number of carbonyl (C=O) groups excluding carboxylic acids is 1. The van der Waals surface area contributed by atoms with E-state index in [2.05, 4.69) is 9.55 Å². The Morgan fingerprint density at radius 2 is 2.00 bits per heavy atom. The Bertz CT molecular complexity index is 675. The topological polar surface area (TPSA) is 41.4 Å². The zero-order valence-corrected chi connectivity index (χ0v) is 14.1. The van der Waals surface area contributed by atoms with Crippen LogP contribution >= 0.6 is 0 Å². The highest BCUT2D eigenvalue weighted by Gasteiger charge is 2.27. The number of piperidine rings is 1. The third kappa shape index (κ3) is 3.23. The maximum atomic E-state index is 12.8. The van der Waals surface area contributed by atoms with Gasteiger partial charge in [-0.05, 0) is 37.1 Å². The summed E-state index contributed by atoms with van der Waals surface area (Å²) in [4.78, 5) is 21.2. The Hall–Kier alpha value is -2.30. The molecule has 0 saturated carbocycles. The number of likely N-dealkylation sites (tertiary alicyclic amines) is 1. The van der Waals surface area contributed by atoms with Gasteiger partial charge in [0.1, 0.15) is 5.82 Å². The molecule has 1 aromatic heterocycles. The largest absolute Gasteiger partial charge is 0.378 e. The lowest BCUT2D eigenvalue weighted by atomic mass is 9.96. The number of carbonyl (C=O) groups is 1. The van der Waals surface area contributed by atoms with Crippen molar-refractivity contribution in [3.05, 3.63) is 48.0 Å². The van der Waals surface area contributed by atoms with Crippen LogP contribution in [0.4, 0.5) is 5.69 Å². The average Bonchev–Trinajstić information content (AvgIpc) is 3.00. The van der Waals surface area contributed by atoms with Crippen LogP contribution in [-0.4, -0.2) is 47.5 Å². The van der Waals surface area contributed by atoms with Crippen molar-refractivity contribution in [1.29, 1.82) is 0 Å². The van der Waals surface area contributed by atoms with Crippen LogP contribution in [0, 0.1) is 0 Å². The Morgan fingerprint density at radius 1 is 1.26 bits per heavy atom. The molecule has 1 fully saturated rings. The predicted molar refractivity (Wildman–Crippen MR) is 91.9 cm³/mol. The maximum absolute atomic E-state index is 12.8. The molecule has 2 aromatic rings. The van der Waals surface area contributed by atoms with E-state index < -0.39 is 0 Å². The minimum Gasteiger partial charge on any atom is -0.378 e. The van der Waals surface area contributed by atoms with E-state index in [9.17, 15) is 4.79 Å². The van der Waals surface area contributed by atoms with E-state index in [4.69, 9.17) is 0 Å². The molecule has 0 N–H and O–H groups in total. The van der Waals surface area contributed by atoms with Gasteiger partial charge in [0.2, 0.25) is 0 Å². The molecule has 1 atom stereocenters. The number of amides is 1. The van der Waals surface area contributed by atoms with E-state index in [1.807, 2.05) is 67.6 Å². The summed E-state index contributed by atoms with van der Waals surface area (Å²) in [6, 6.07) is 7.82. The van der Waals surface area contributed by atoms with Crippen LogP contribution in [-0.2, 0) is 7.05 Å². The van der Waals surface area contributed by atoms with Crippen molar-refractivity contribution in [2.75, 3.05) is 32.1 Å². The molecule has 122 valence electrons. The molecule has 1 aliphatic heterocycles. The summed E-state index contributed by atoms with van der Waals surface area (Å²) in [5, 5.41) is 0. The molecule has 0 bridgehead atoms. The molecular formula is C18H24N4O. The first kappa shape index (κ1) is 15.6. The Balaban J connectivity index is 1.73. The Labute approximate surface area is 137 Å². The van der Waals surface area contributed by atoms with Gasteiger partial charge in [0, 0.05) is 63.8 Å². The van der Waals surface area contributed by atoms with Gasteiger partial charge in [-0.3, -0.25) is 4.79 Å². The highest BCUT2D eigenvalue weighted by molar-refractivity contribution is 5.94. The second-order valence-electron chi connectivity index (χ2n) is 6.43. The quantitative estimate of drug-likeness (QED) is 0.874. The molecule has 1 amide bonds. The highest BCUT2D eigenvalue weighted by atomic mass is 16.2. The molecule has 1 aliphatic rings. The summed E-state index contributed by atoms with van der Waals surface area (Å²) in [6.07, 6.45) is 5.92. The van der Waals surface area contributed by atoms with Crippen molar-refractivity contribution in [2.45, 2.75) is 18.8 Å². The van der Waals surface area contributed by atoms with Crippen molar-refractivity contribution in [3.63, 3.8) is 0 Å². The fraction of sp³-hybridized carbons (Fsp3) is 0.444. The molecule has 2 heterocycles. The lowest BCUT2D eigenvalue weighted by molar-refractivity contribution is 0.0703. The molecule has 5 heteroatoms. The van der Waals surface area contributed by atoms with Gasteiger partial charge < -0.3 is 14.4 Å². The van der Waals surface area contributed by atoms with Crippen LogP contribution < -0.4 is 4.90 Å². The van der Waals surface area contributed by atoms with Gasteiger partial charge in [-0.25, -0.2) is 4.98 Å². The number of hydrogen-bond donors (Lipinski definition) is 0. The van der Waals surface area contributed by atoms with Crippen molar-refractivity contribution in [1.82, 2.24) is 14.5 Å². The molecule has 0 aliphatic carbocycles. The van der Waals surface area contributed by atoms with Crippen LogP contribution in [0.3, 0.4) is 0 Å². The summed E-state index contributed by atoms with van der Waals surface area (Å²) >= 11 is 0. The van der Waals surface area contributed by atoms with Crippen LogP contribution in [0.2, 0.25) is 0 Å². The molecule has 23 heavy (non-hydrogen) atoms. The second kappa shape index (κ2) is 6.44. The van der Waals surface area contributed by atoms with Gasteiger partial charge in [-0.1, -0.05) is 0 Å². The van der Waals surface area contributed by atoms with Crippen molar-refractivity contribution < 1.29 is 4.79 Å². The number of anilines is 1. The summed E-state index contributed by atoms with van der Waals surface area (Å²) in [5.41, 5.74) is 1.86. The molecule has 3 rings (SSSR count). The zero-order valence-electron chi connectivity index (χ0n) is 14.1. The van der Waals surface area contributed by atoms with E-state index in [1.165, 1.54) is 0 Å². The number of rotatable bonds is 3. The van der Waals surface area contributed by atoms with Crippen LogP contribution in [0.15, 0.2) is 36.7 Å². The van der Waals surface area contributed by atoms with E-state index in [0.717, 1.165) is 43.0 Å². The standard InChI is InChI=1S/C18H24N4O/c1-20(2)16-8-6-14(7-9-16)18(23)22-11-4-5-15(13-22)17-19-10-12-21(17)3/h6-10,12,15H,4-5,11,13H2,1-3H3/t15-/m1/s1. The molecule has 0 spiro atoms. The van der Waals surface area contributed by atoms with E-state index in [0.29, 0.717) is 5.92 Å². The molecular weight excluding hydrogens is 288 g/mol. The number of nitrogens with zero attached hydrogens (tertiary/aromatic N) is 4. The smallest absolute Gasteiger partial charge is 0.253 e. The van der Waals surface area contributed by atoms with Crippen molar-refractivity contribution in [2.24, 2.45) is 7.05 Å². The Morgan fingerprint density at radius 3 is 2.61 bits per heavy atom. The fourth-order valence-electron chi connectivity index (χ4n) is 3.23. The fourth-order valence-corrected chi connectivity index (χ4v) is 3.23. The lowest BCUT2D eigenvalue weighted by Crippen LogP contribution is -2.39. The first-order chi connectivity index (χ1) is 11.1. The lowest BCUT2D eigenvalue weighted by Gasteiger charge is -2.32. The number of benzene rings is 1. The number of aryl methyl sites for hydroxylation is 1. The molecule has 0 radical (unpaired) electrons. The van der Waals surface area contributed by atoms with Gasteiger partial charge in [0.25, 0.3) is 5.91 Å². The maximum Gasteiger partial charge on any atom is 0.253 e. The van der Waals surface area contributed by atoms with Gasteiger partial charge >= 0.3 is 0 Å². The van der Waals surface area contributed by atoms with Crippen LogP contribution in [0.5, 0.6) is 0 Å². The van der Waals surface area contributed by atoms with E-state index in [1.54, 1.807) is 0 Å². The summed E-state index contributed by atoms with van der Waals surface area (Å²) in [5.74, 6) is 1.52. The van der Waals surface area contributed by atoms with Crippen LogP contribution in [0.1, 0.15) is 34.9 Å². The van der Waals surface area contributed by atoms with Gasteiger partial charge in [0.15, 0.2) is 0 Å². The first-order valence-electron chi connectivity index (χ1n) is 8.10. The van der Waals surface area contributed by atoms with Gasteiger partial charge in [-0.2, -0.15) is 0 Å². The molecule has 1 aromatic carbocycles. The summed E-state index contributed by atoms with van der Waals surface area (Å²) in [7, 11) is 6.01. The number of hydrogen-bond acceptors (Lipinski definition) is 3. The summed E-state index contributed by atoms with van der Waals surface area (Å²) < 4.78 is 2.06. The minimum atomic E-state index is 0.120.